The highest BCUT2D eigenvalue weighted by Gasteiger charge is 2.22. The van der Waals surface area contributed by atoms with Gasteiger partial charge in [0.1, 0.15) is 6.04 Å². The zero-order valence-electron chi connectivity index (χ0n) is 13.5. The van der Waals surface area contributed by atoms with E-state index in [1.807, 2.05) is 37.4 Å². The molecule has 0 aliphatic carbocycles. The number of benzene rings is 2. The van der Waals surface area contributed by atoms with E-state index in [0.717, 1.165) is 15.4 Å². The molecule has 1 aromatic heterocycles. The molecule has 0 saturated carbocycles. The van der Waals surface area contributed by atoms with E-state index in [9.17, 15) is 4.79 Å². The van der Waals surface area contributed by atoms with Crippen LogP contribution in [0.5, 0.6) is 0 Å². The van der Waals surface area contributed by atoms with Crippen molar-refractivity contribution in [2.45, 2.75) is 13.0 Å². The van der Waals surface area contributed by atoms with E-state index in [1.54, 1.807) is 23.5 Å². The van der Waals surface area contributed by atoms with E-state index in [0.29, 0.717) is 17.3 Å². The molecule has 2 aromatic carbocycles. The Morgan fingerprint density at radius 1 is 1.25 bits per heavy atom. The molecule has 0 saturated heterocycles. The van der Waals surface area contributed by atoms with E-state index < -0.39 is 0 Å². The number of anilines is 1. The van der Waals surface area contributed by atoms with Gasteiger partial charge in [0.2, 0.25) is 0 Å². The molecule has 1 unspecified atom stereocenters. The number of aromatic nitrogens is 1. The Bertz CT molecular complexity index is 831. The second kappa shape index (κ2) is 7.30. The van der Waals surface area contributed by atoms with Crippen LogP contribution in [-0.4, -0.2) is 24.5 Å². The highest BCUT2D eigenvalue weighted by atomic mass is 35.5. The van der Waals surface area contributed by atoms with Crippen LogP contribution in [0.1, 0.15) is 18.0 Å². The molecule has 4 nitrogen and oxygen atoms in total. The largest absolute Gasteiger partial charge is 0.322 e. The number of hydrogen-bond donors (Lipinski definition) is 2. The third kappa shape index (κ3) is 3.75. The van der Waals surface area contributed by atoms with Gasteiger partial charge in [-0.2, -0.15) is 0 Å². The SMILES string of the molecule is C[C@H](c1nc2ccccc2s1)[NH+](C)CC(=O)Nc1ccccc1Cl. The summed E-state index contributed by atoms with van der Waals surface area (Å²) in [6.07, 6.45) is 0. The first-order valence-electron chi connectivity index (χ1n) is 7.77. The summed E-state index contributed by atoms with van der Waals surface area (Å²) < 4.78 is 1.17. The monoisotopic (exact) mass is 360 g/mol. The van der Waals surface area contributed by atoms with Crippen molar-refractivity contribution in [2.75, 3.05) is 18.9 Å². The van der Waals surface area contributed by atoms with Crippen LogP contribution in [0.25, 0.3) is 10.2 Å². The molecular formula is C18H19ClN3OS+. The number of amides is 1. The van der Waals surface area contributed by atoms with E-state index in [4.69, 9.17) is 11.6 Å². The van der Waals surface area contributed by atoms with Crippen molar-refractivity contribution in [3.63, 3.8) is 0 Å². The Balaban J connectivity index is 1.66. The predicted octanol–water partition coefficient (Wildman–Crippen LogP) is 3.16. The van der Waals surface area contributed by atoms with Gasteiger partial charge in [-0.3, -0.25) is 4.79 Å². The first-order valence-corrected chi connectivity index (χ1v) is 8.96. The van der Waals surface area contributed by atoms with Crippen molar-refractivity contribution in [2.24, 2.45) is 0 Å². The van der Waals surface area contributed by atoms with Gasteiger partial charge in [0.05, 0.1) is 28.0 Å². The van der Waals surface area contributed by atoms with Crippen molar-refractivity contribution in [1.29, 1.82) is 0 Å². The van der Waals surface area contributed by atoms with Crippen LogP contribution in [0, 0.1) is 0 Å². The van der Waals surface area contributed by atoms with Crippen LogP contribution >= 0.6 is 22.9 Å². The number of fused-ring (bicyclic) bond motifs is 1. The third-order valence-corrected chi connectivity index (χ3v) is 5.56. The van der Waals surface area contributed by atoms with Crippen LogP contribution in [0.15, 0.2) is 48.5 Å². The van der Waals surface area contributed by atoms with Gasteiger partial charge in [0.15, 0.2) is 11.6 Å². The highest BCUT2D eigenvalue weighted by molar-refractivity contribution is 7.18. The molecule has 6 heteroatoms. The molecule has 124 valence electrons. The van der Waals surface area contributed by atoms with Crippen LogP contribution in [0.2, 0.25) is 5.02 Å². The summed E-state index contributed by atoms with van der Waals surface area (Å²) in [5, 5.41) is 4.45. The number of carbonyl (C=O) groups excluding carboxylic acids is 1. The van der Waals surface area contributed by atoms with Gasteiger partial charge in [0.25, 0.3) is 5.91 Å². The Morgan fingerprint density at radius 3 is 2.71 bits per heavy atom. The zero-order valence-corrected chi connectivity index (χ0v) is 15.1. The summed E-state index contributed by atoms with van der Waals surface area (Å²) >= 11 is 7.76. The summed E-state index contributed by atoms with van der Waals surface area (Å²) in [5.41, 5.74) is 1.65. The van der Waals surface area contributed by atoms with Crippen molar-refractivity contribution < 1.29 is 9.69 Å². The van der Waals surface area contributed by atoms with Crippen molar-refractivity contribution in [3.05, 3.63) is 58.6 Å². The van der Waals surface area contributed by atoms with Gasteiger partial charge in [-0.15, -0.1) is 11.3 Å². The molecule has 0 aliphatic rings. The molecule has 3 rings (SSSR count). The van der Waals surface area contributed by atoms with Crippen molar-refractivity contribution in [1.82, 2.24) is 4.98 Å². The second-order valence-electron chi connectivity index (χ2n) is 5.79. The summed E-state index contributed by atoms with van der Waals surface area (Å²) in [4.78, 5) is 18.0. The van der Waals surface area contributed by atoms with Crippen LogP contribution in [0.3, 0.4) is 0 Å². The fraction of sp³-hybridized carbons (Fsp3) is 0.222. The quantitative estimate of drug-likeness (QED) is 0.734. The van der Waals surface area contributed by atoms with E-state index in [2.05, 4.69) is 23.3 Å². The Morgan fingerprint density at radius 2 is 1.96 bits per heavy atom. The molecule has 0 spiro atoms. The number of quaternary nitrogens is 1. The van der Waals surface area contributed by atoms with Crippen LogP contribution in [0.4, 0.5) is 5.69 Å². The lowest BCUT2D eigenvalue weighted by molar-refractivity contribution is -0.902. The topological polar surface area (TPSA) is 46.4 Å². The van der Waals surface area contributed by atoms with Gasteiger partial charge in [-0.25, -0.2) is 4.98 Å². The van der Waals surface area contributed by atoms with Crippen molar-refractivity contribution >= 4 is 44.7 Å². The zero-order chi connectivity index (χ0) is 17.1. The standard InChI is InChI=1S/C18H18ClN3OS/c1-12(18-21-15-9-5-6-10-16(15)24-18)22(2)11-17(23)20-14-8-4-3-7-13(14)19/h3-10,12H,11H2,1-2H3,(H,20,23)/p+1/t12-/m1/s1. The number of nitrogens with one attached hydrogen (secondary N) is 2. The summed E-state index contributed by atoms with van der Waals surface area (Å²) in [6, 6.07) is 15.5. The normalized spacial score (nSPS) is 13.6. The average Bonchev–Trinajstić information content (AvgIpc) is 3.00. The van der Waals surface area contributed by atoms with E-state index in [1.165, 1.54) is 4.70 Å². The van der Waals surface area contributed by atoms with Gasteiger partial charge in [0, 0.05) is 0 Å². The molecule has 1 heterocycles. The number of nitrogens with zero attached hydrogens (tertiary/aromatic N) is 1. The van der Waals surface area contributed by atoms with Crippen LogP contribution < -0.4 is 10.2 Å². The molecular weight excluding hydrogens is 342 g/mol. The maximum Gasteiger partial charge on any atom is 0.279 e. The first kappa shape index (κ1) is 16.9. The Kier molecular flexibility index (Phi) is 5.14. The number of likely N-dealkylation sites (N-methyl/N-ethyl adjacent to an activating group) is 1. The lowest BCUT2D eigenvalue weighted by Gasteiger charge is -2.19. The molecule has 2 atom stereocenters. The van der Waals surface area contributed by atoms with E-state index in [-0.39, 0.29) is 11.9 Å². The molecule has 0 aliphatic heterocycles. The van der Waals surface area contributed by atoms with Crippen LogP contribution in [-0.2, 0) is 4.79 Å². The number of para-hydroxylation sites is 2. The van der Waals surface area contributed by atoms with Gasteiger partial charge >= 0.3 is 0 Å². The number of carbonyl (C=O) groups is 1. The Labute approximate surface area is 150 Å². The molecule has 0 fully saturated rings. The number of thiazole rings is 1. The molecule has 1 amide bonds. The fourth-order valence-corrected chi connectivity index (χ4v) is 3.74. The second-order valence-corrected chi connectivity index (χ2v) is 7.26. The van der Waals surface area contributed by atoms with E-state index >= 15 is 0 Å². The average molecular weight is 361 g/mol. The minimum absolute atomic E-state index is 0.0615. The molecule has 3 aromatic rings. The predicted molar refractivity (Wildman–Crippen MR) is 99.9 cm³/mol. The van der Waals surface area contributed by atoms with Gasteiger partial charge < -0.3 is 10.2 Å². The van der Waals surface area contributed by atoms with Gasteiger partial charge in [-0.1, -0.05) is 35.9 Å². The minimum atomic E-state index is -0.0615. The lowest BCUT2D eigenvalue weighted by atomic mass is 10.3. The van der Waals surface area contributed by atoms with Crippen molar-refractivity contribution in [3.8, 4) is 0 Å². The number of halogens is 1. The molecule has 0 bridgehead atoms. The lowest BCUT2D eigenvalue weighted by Crippen LogP contribution is -3.10. The van der Waals surface area contributed by atoms with Gasteiger partial charge in [-0.05, 0) is 31.2 Å². The minimum Gasteiger partial charge on any atom is -0.322 e. The maximum atomic E-state index is 12.3. The molecule has 24 heavy (non-hydrogen) atoms. The third-order valence-electron chi connectivity index (χ3n) is 4.01. The summed E-state index contributed by atoms with van der Waals surface area (Å²) in [5.74, 6) is -0.0615. The first-order chi connectivity index (χ1) is 11.5. The summed E-state index contributed by atoms with van der Waals surface area (Å²) in [7, 11) is 2.00. The smallest absolute Gasteiger partial charge is 0.279 e. The summed E-state index contributed by atoms with van der Waals surface area (Å²) in [6.45, 7) is 2.44. The highest BCUT2D eigenvalue weighted by Crippen LogP contribution is 2.24. The Hall–Kier alpha value is -1.95. The molecule has 0 radical (unpaired) electrons. The number of rotatable bonds is 5. The number of hydrogen-bond acceptors (Lipinski definition) is 3. The maximum absolute atomic E-state index is 12.3. The molecule has 2 N–H and O–H groups in total. The fourth-order valence-electron chi connectivity index (χ4n) is 2.45.